The summed E-state index contributed by atoms with van der Waals surface area (Å²) in [5.74, 6) is -1.77. The standard InChI is InChI=1S/C15H18N2O6/c1-15(2,3)23-14(21)17-10(12(18)19)7-8-4-5-11-9(6-8)16-13(20)22-11/h4-6,10H,7H2,1-3H3,(H,16,20)(H,17,21)(H,18,19)/t10-/m0/s1. The van der Waals surface area contributed by atoms with Gasteiger partial charge in [0.1, 0.15) is 11.6 Å². The monoisotopic (exact) mass is 322 g/mol. The molecule has 0 fully saturated rings. The summed E-state index contributed by atoms with van der Waals surface area (Å²) in [5, 5.41) is 11.6. The number of aliphatic carboxylic acids is 1. The van der Waals surface area contributed by atoms with Crippen molar-refractivity contribution in [3.8, 4) is 0 Å². The number of aromatic amines is 1. The highest BCUT2D eigenvalue weighted by atomic mass is 16.6. The average molecular weight is 322 g/mol. The van der Waals surface area contributed by atoms with E-state index in [1.54, 1.807) is 39.0 Å². The molecule has 124 valence electrons. The number of hydrogen-bond donors (Lipinski definition) is 3. The van der Waals surface area contributed by atoms with Crippen LogP contribution in [0, 0.1) is 0 Å². The molecule has 0 aliphatic heterocycles. The molecule has 0 spiro atoms. The van der Waals surface area contributed by atoms with Crippen molar-refractivity contribution < 1.29 is 23.8 Å². The molecular formula is C15H18N2O6. The number of oxazole rings is 1. The Labute approximate surface area is 131 Å². The predicted octanol–water partition coefficient (Wildman–Crippen LogP) is 1.64. The lowest BCUT2D eigenvalue weighted by Gasteiger charge is -2.22. The molecule has 0 saturated carbocycles. The Morgan fingerprint density at radius 1 is 1.39 bits per heavy atom. The van der Waals surface area contributed by atoms with Crippen molar-refractivity contribution >= 4 is 23.2 Å². The third-order valence-corrected chi connectivity index (χ3v) is 2.91. The van der Waals surface area contributed by atoms with Gasteiger partial charge < -0.3 is 19.6 Å². The number of carbonyl (C=O) groups is 2. The van der Waals surface area contributed by atoms with Gasteiger partial charge in [-0.05, 0) is 38.5 Å². The zero-order valence-electron chi connectivity index (χ0n) is 13.0. The number of alkyl carbamates (subject to hydrolysis) is 1. The minimum absolute atomic E-state index is 0.0394. The number of ether oxygens (including phenoxy) is 1. The van der Waals surface area contributed by atoms with Crippen LogP contribution in [0.4, 0.5) is 4.79 Å². The van der Waals surface area contributed by atoms with E-state index >= 15 is 0 Å². The Balaban J connectivity index is 2.13. The van der Waals surface area contributed by atoms with Crippen LogP contribution in [0.3, 0.4) is 0 Å². The number of fused-ring (bicyclic) bond motifs is 1. The van der Waals surface area contributed by atoms with Crippen molar-refractivity contribution in [1.29, 1.82) is 0 Å². The summed E-state index contributed by atoms with van der Waals surface area (Å²) in [6.07, 6.45) is -0.764. The van der Waals surface area contributed by atoms with Gasteiger partial charge in [0.05, 0.1) is 5.52 Å². The van der Waals surface area contributed by atoms with Crippen LogP contribution in [0.15, 0.2) is 27.4 Å². The number of carboxylic acids is 1. The molecule has 0 saturated heterocycles. The quantitative estimate of drug-likeness (QED) is 0.786. The van der Waals surface area contributed by atoms with Crippen molar-refractivity contribution in [3.05, 3.63) is 34.3 Å². The number of rotatable bonds is 4. The number of carboxylic acid groups (broad SMARTS) is 1. The van der Waals surface area contributed by atoms with E-state index in [0.717, 1.165) is 0 Å². The molecule has 0 aliphatic carbocycles. The van der Waals surface area contributed by atoms with Crippen molar-refractivity contribution in [3.63, 3.8) is 0 Å². The number of nitrogens with one attached hydrogen (secondary N) is 2. The van der Waals surface area contributed by atoms with Gasteiger partial charge in [-0.3, -0.25) is 4.98 Å². The third-order valence-electron chi connectivity index (χ3n) is 2.91. The van der Waals surface area contributed by atoms with Gasteiger partial charge in [-0.2, -0.15) is 0 Å². The van der Waals surface area contributed by atoms with Crippen LogP contribution in [0.1, 0.15) is 26.3 Å². The first-order valence-corrected chi connectivity index (χ1v) is 6.98. The van der Waals surface area contributed by atoms with Crippen LogP contribution in [-0.4, -0.2) is 33.8 Å². The van der Waals surface area contributed by atoms with Gasteiger partial charge in [0.15, 0.2) is 5.58 Å². The van der Waals surface area contributed by atoms with Gasteiger partial charge in [0, 0.05) is 6.42 Å². The Bertz CT molecular complexity index is 783. The molecule has 0 bridgehead atoms. The molecule has 3 N–H and O–H groups in total. The van der Waals surface area contributed by atoms with Crippen molar-refractivity contribution in [2.45, 2.75) is 38.8 Å². The third kappa shape index (κ3) is 4.60. The van der Waals surface area contributed by atoms with Crippen LogP contribution in [-0.2, 0) is 16.0 Å². The lowest BCUT2D eigenvalue weighted by Crippen LogP contribution is -2.44. The average Bonchev–Trinajstić information content (AvgIpc) is 2.74. The highest BCUT2D eigenvalue weighted by molar-refractivity contribution is 5.80. The first-order chi connectivity index (χ1) is 10.6. The number of hydrogen-bond acceptors (Lipinski definition) is 5. The van der Waals surface area contributed by atoms with Gasteiger partial charge in [0.2, 0.25) is 0 Å². The Morgan fingerprint density at radius 2 is 2.09 bits per heavy atom. The van der Waals surface area contributed by atoms with Gasteiger partial charge in [-0.15, -0.1) is 0 Å². The zero-order chi connectivity index (χ0) is 17.2. The minimum atomic E-state index is -1.18. The van der Waals surface area contributed by atoms with Crippen molar-refractivity contribution in [2.24, 2.45) is 0 Å². The summed E-state index contributed by atoms with van der Waals surface area (Å²) in [6.45, 7) is 5.06. The Kier molecular flexibility index (Phi) is 4.44. The lowest BCUT2D eigenvalue weighted by molar-refractivity contribution is -0.139. The maximum absolute atomic E-state index is 11.7. The minimum Gasteiger partial charge on any atom is -0.480 e. The van der Waals surface area contributed by atoms with Gasteiger partial charge in [-0.1, -0.05) is 6.07 Å². The fourth-order valence-electron chi connectivity index (χ4n) is 2.01. The van der Waals surface area contributed by atoms with E-state index in [9.17, 15) is 19.5 Å². The summed E-state index contributed by atoms with van der Waals surface area (Å²) >= 11 is 0. The SMILES string of the molecule is CC(C)(C)OC(=O)N[C@@H](Cc1ccc2oc(=O)[nH]c2c1)C(=O)O. The van der Waals surface area contributed by atoms with Crippen molar-refractivity contribution in [2.75, 3.05) is 0 Å². The van der Waals surface area contributed by atoms with Crippen LogP contribution in [0.5, 0.6) is 0 Å². The largest absolute Gasteiger partial charge is 0.480 e. The number of amides is 1. The molecule has 0 unspecified atom stereocenters. The number of aromatic nitrogens is 1. The van der Waals surface area contributed by atoms with Crippen LogP contribution in [0.2, 0.25) is 0 Å². The van der Waals surface area contributed by atoms with Gasteiger partial charge in [0.25, 0.3) is 0 Å². The summed E-state index contributed by atoms with van der Waals surface area (Å²) in [6, 6.07) is 3.65. The molecule has 2 rings (SSSR count). The fraction of sp³-hybridized carbons (Fsp3) is 0.400. The molecule has 0 aliphatic rings. The molecule has 1 atom stereocenters. The molecule has 0 radical (unpaired) electrons. The summed E-state index contributed by atoms with van der Waals surface area (Å²) in [5.41, 5.74) is 0.750. The maximum Gasteiger partial charge on any atom is 0.417 e. The summed E-state index contributed by atoms with van der Waals surface area (Å²) in [4.78, 5) is 36.7. The summed E-state index contributed by atoms with van der Waals surface area (Å²) < 4.78 is 9.93. The topological polar surface area (TPSA) is 122 Å². The maximum atomic E-state index is 11.7. The smallest absolute Gasteiger partial charge is 0.417 e. The van der Waals surface area contributed by atoms with Gasteiger partial charge in [-0.25, -0.2) is 14.4 Å². The van der Waals surface area contributed by atoms with E-state index in [1.165, 1.54) is 0 Å². The molecule has 8 heteroatoms. The van der Waals surface area contributed by atoms with E-state index in [2.05, 4.69) is 10.3 Å². The molecule has 23 heavy (non-hydrogen) atoms. The number of benzene rings is 1. The first-order valence-electron chi connectivity index (χ1n) is 6.98. The normalized spacial score (nSPS) is 12.8. The van der Waals surface area contributed by atoms with Crippen LogP contribution < -0.4 is 11.1 Å². The van der Waals surface area contributed by atoms with Crippen LogP contribution in [0.25, 0.3) is 11.1 Å². The van der Waals surface area contributed by atoms with Gasteiger partial charge >= 0.3 is 17.8 Å². The lowest BCUT2D eigenvalue weighted by atomic mass is 10.1. The highest BCUT2D eigenvalue weighted by Crippen LogP contribution is 2.14. The number of H-pyrrole nitrogens is 1. The molecule has 1 amide bonds. The predicted molar refractivity (Wildman–Crippen MR) is 81.3 cm³/mol. The molecule has 1 aromatic heterocycles. The van der Waals surface area contributed by atoms with E-state index in [0.29, 0.717) is 16.7 Å². The Hall–Kier alpha value is -2.77. The molecule has 2 aromatic rings. The second kappa shape index (κ2) is 6.15. The molecule has 1 heterocycles. The second-order valence-electron chi connectivity index (χ2n) is 6.09. The number of carbonyl (C=O) groups excluding carboxylic acids is 1. The molecular weight excluding hydrogens is 304 g/mol. The van der Waals surface area contributed by atoms with Crippen molar-refractivity contribution in [1.82, 2.24) is 10.3 Å². The Morgan fingerprint density at radius 3 is 2.70 bits per heavy atom. The van der Waals surface area contributed by atoms with Crippen LogP contribution >= 0.6 is 0 Å². The molecule has 8 nitrogen and oxygen atoms in total. The zero-order valence-corrected chi connectivity index (χ0v) is 13.0. The second-order valence-corrected chi connectivity index (χ2v) is 6.09. The summed E-state index contributed by atoms with van der Waals surface area (Å²) in [7, 11) is 0. The first kappa shape index (κ1) is 16.6. The molecule has 1 aromatic carbocycles. The fourth-order valence-corrected chi connectivity index (χ4v) is 2.01. The van der Waals surface area contributed by atoms with E-state index in [4.69, 9.17) is 9.15 Å². The van der Waals surface area contributed by atoms with E-state index in [1.807, 2.05) is 0 Å². The van der Waals surface area contributed by atoms with E-state index in [-0.39, 0.29) is 6.42 Å². The van der Waals surface area contributed by atoms with E-state index < -0.39 is 29.5 Å². The highest BCUT2D eigenvalue weighted by Gasteiger charge is 2.24.